The summed E-state index contributed by atoms with van der Waals surface area (Å²) >= 11 is 0. The summed E-state index contributed by atoms with van der Waals surface area (Å²) in [4.78, 5) is 4.97. The standard InChI is InChI=1S/C30H32FN5O2/c1-18-28(35(4)34-33-18)21-15-26-27(32-17-21)24-16-22(30(2,3)37)7-10-25(24)36(26)29(20-11-13-38-14-12-20)19-5-8-23(31)9-6-19/h5-10,15-17,20,29,37H,11-14H2,1-4H3/t29-/m1/s1. The van der Waals surface area contributed by atoms with E-state index in [0.29, 0.717) is 19.1 Å². The number of aromatic nitrogens is 5. The van der Waals surface area contributed by atoms with E-state index in [1.807, 2.05) is 44.4 Å². The van der Waals surface area contributed by atoms with E-state index < -0.39 is 5.60 Å². The molecule has 7 nitrogen and oxygen atoms in total. The van der Waals surface area contributed by atoms with Gasteiger partial charge in [-0.3, -0.25) is 4.98 Å². The molecule has 38 heavy (non-hydrogen) atoms. The van der Waals surface area contributed by atoms with Gasteiger partial charge in [-0.05, 0) is 81.0 Å². The van der Waals surface area contributed by atoms with Gasteiger partial charge in [-0.15, -0.1) is 5.10 Å². The van der Waals surface area contributed by atoms with Crippen molar-refractivity contribution in [1.82, 2.24) is 24.5 Å². The maximum atomic E-state index is 14.0. The molecule has 1 aliphatic heterocycles. The molecule has 4 heterocycles. The van der Waals surface area contributed by atoms with Crippen LogP contribution in [0.1, 0.15) is 49.6 Å². The zero-order chi connectivity index (χ0) is 26.6. The number of pyridine rings is 1. The summed E-state index contributed by atoms with van der Waals surface area (Å²) < 4.78 is 23.9. The molecule has 0 radical (unpaired) electrons. The fourth-order valence-corrected chi connectivity index (χ4v) is 5.90. The zero-order valence-electron chi connectivity index (χ0n) is 22.1. The van der Waals surface area contributed by atoms with Crippen LogP contribution in [0, 0.1) is 18.7 Å². The molecule has 3 aromatic heterocycles. The lowest BCUT2D eigenvalue weighted by molar-refractivity contribution is 0.0552. The Morgan fingerprint density at radius 2 is 1.79 bits per heavy atom. The Morgan fingerprint density at radius 3 is 2.45 bits per heavy atom. The van der Waals surface area contributed by atoms with Crippen LogP contribution in [0.4, 0.5) is 4.39 Å². The lowest BCUT2D eigenvalue weighted by Gasteiger charge is -2.33. The number of nitrogens with zero attached hydrogens (tertiary/aromatic N) is 5. The van der Waals surface area contributed by atoms with Gasteiger partial charge >= 0.3 is 0 Å². The largest absolute Gasteiger partial charge is 0.386 e. The van der Waals surface area contributed by atoms with Gasteiger partial charge in [0.1, 0.15) is 5.82 Å². The molecule has 1 fully saturated rings. The molecule has 196 valence electrons. The van der Waals surface area contributed by atoms with Gasteiger partial charge in [0.25, 0.3) is 0 Å². The van der Waals surface area contributed by atoms with Crippen LogP contribution in [-0.2, 0) is 17.4 Å². The highest BCUT2D eigenvalue weighted by Gasteiger charge is 2.31. The number of fused-ring (bicyclic) bond motifs is 3. The first-order valence-corrected chi connectivity index (χ1v) is 13.1. The molecule has 0 saturated carbocycles. The quantitative estimate of drug-likeness (QED) is 0.327. The molecule has 0 amide bonds. The van der Waals surface area contributed by atoms with E-state index in [4.69, 9.17) is 9.72 Å². The summed E-state index contributed by atoms with van der Waals surface area (Å²) in [7, 11) is 1.88. The second-order valence-corrected chi connectivity index (χ2v) is 10.8. The highest BCUT2D eigenvalue weighted by atomic mass is 19.1. The number of ether oxygens (including phenoxy) is 1. The number of hydrogen-bond acceptors (Lipinski definition) is 5. The molecule has 0 unspecified atom stereocenters. The number of aryl methyl sites for hydroxylation is 2. The fraction of sp³-hybridized carbons (Fsp3) is 0.367. The highest BCUT2D eigenvalue weighted by molar-refractivity contribution is 6.07. The van der Waals surface area contributed by atoms with Gasteiger partial charge in [0.05, 0.1) is 39.6 Å². The van der Waals surface area contributed by atoms with Gasteiger partial charge in [0.15, 0.2) is 0 Å². The van der Waals surface area contributed by atoms with Crippen molar-refractivity contribution in [1.29, 1.82) is 0 Å². The summed E-state index contributed by atoms with van der Waals surface area (Å²) in [5.74, 6) is 0.0467. The minimum absolute atomic E-state index is 0.0460. The Labute approximate surface area is 220 Å². The van der Waals surface area contributed by atoms with Crippen LogP contribution < -0.4 is 0 Å². The van der Waals surface area contributed by atoms with E-state index in [2.05, 4.69) is 27.0 Å². The fourth-order valence-electron chi connectivity index (χ4n) is 5.90. The Kier molecular flexibility index (Phi) is 6.04. The summed E-state index contributed by atoms with van der Waals surface area (Å²) in [6.45, 7) is 6.93. The normalized spacial score (nSPS) is 15.9. The molecule has 1 atom stereocenters. The average Bonchev–Trinajstić information content (AvgIpc) is 3.41. The van der Waals surface area contributed by atoms with Crippen LogP contribution in [-0.4, -0.2) is 42.9 Å². The average molecular weight is 514 g/mol. The summed E-state index contributed by atoms with van der Waals surface area (Å²) in [5, 5.41) is 20.2. The van der Waals surface area contributed by atoms with E-state index in [9.17, 15) is 9.50 Å². The van der Waals surface area contributed by atoms with Crippen molar-refractivity contribution in [2.75, 3.05) is 13.2 Å². The molecular weight excluding hydrogens is 481 g/mol. The third-order valence-corrected chi connectivity index (χ3v) is 7.82. The lowest BCUT2D eigenvalue weighted by atomic mass is 9.86. The Balaban J connectivity index is 1.68. The maximum Gasteiger partial charge on any atom is 0.123 e. The third-order valence-electron chi connectivity index (χ3n) is 7.82. The predicted molar refractivity (Wildman–Crippen MR) is 145 cm³/mol. The van der Waals surface area contributed by atoms with E-state index in [1.165, 1.54) is 12.1 Å². The highest BCUT2D eigenvalue weighted by Crippen LogP contribution is 2.42. The molecule has 0 aliphatic carbocycles. The topological polar surface area (TPSA) is 78.0 Å². The minimum Gasteiger partial charge on any atom is -0.386 e. The van der Waals surface area contributed by atoms with E-state index in [-0.39, 0.29) is 11.9 Å². The second kappa shape index (κ2) is 9.29. The van der Waals surface area contributed by atoms with Crippen molar-refractivity contribution in [2.45, 2.75) is 45.3 Å². The molecule has 1 aliphatic rings. The molecule has 6 rings (SSSR count). The molecular formula is C30H32FN5O2. The van der Waals surface area contributed by atoms with Gasteiger partial charge in [0, 0.05) is 37.4 Å². The van der Waals surface area contributed by atoms with Crippen molar-refractivity contribution in [3.8, 4) is 11.3 Å². The van der Waals surface area contributed by atoms with Crippen LogP contribution in [0.15, 0.2) is 54.7 Å². The molecule has 8 heteroatoms. The third kappa shape index (κ3) is 4.18. The second-order valence-electron chi connectivity index (χ2n) is 10.8. The van der Waals surface area contributed by atoms with Crippen molar-refractivity contribution in [2.24, 2.45) is 13.0 Å². The lowest BCUT2D eigenvalue weighted by Crippen LogP contribution is -2.27. The first-order valence-electron chi connectivity index (χ1n) is 13.1. The van der Waals surface area contributed by atoms with Crippen molar-refractivity contribution < 1.29 is 14.2 Å². The van der Waals surface area contributed by atoms with Crippen molar-refractivity contribution in [3.63, 3.8) is 0 Å². The van der Waals surface area contributed by atoms with Crippen LogP contribution in [0.3, 0.4) is 0 Å². The van der Waals surface area contributed by atoms with Gasteiger partial charge in [-0.2, -0.15) is 0 Å². The number of halogens is 1. The summed E-state index contributed by atoms with van der Waals surface area (Å²) in [6.07, 6.45) is 3.68. The number of benzene rings is 2. The SMILES string of the molecule is Cc1nnn(C)c1-c1cnc2c3cc(C(C)(C)O)ccc3n([C@H](c3ccc(F)cc3)C3CCOCC3)c2c1. The summed E-state index contributed by atoms with van der Waals surface area (Å²) in [5.41, 5.74) is 6.43. The number of aliphatic hydroxyl groups is 1. The van der Waals surface area contributed by atoms with Gasteiger partial charge in [-0.1, -0.05) is 23.4 Å². The Bertz CT molecular complexity index is 1610. The van der Waals surface area contributed by atoms with Gasteiger partial charge in [-0.25, -0.2) is 9.07 Å². The number of rotatable bonds is 5. The molecule has 2 aromatic carbocycles. The monoisotopic (exact) mass is 513 g/mol. The summed E-state index contributed by atoms with van der Waals surface area (Å²) in [6, 6.07) is 15.1. The van der Waals surface area contributed by atoms with Crippen LogP contribution in [0.5, 0.6) is 0 Å². The predicted octanol–water partition coefficient (Wildman–Crippen LogP) is 5.68. The zero-order valence-corrected chi connectivity index (χ0v) is 22.1. The maximum absolute atomic E-state index is 14.0. The molecule has 5 aromatic rings. The van der Waals surface area contributed by atoms with Crippen LogP contribution in [0.25, 0.3) is 33.2 Å². The van der Waals surface area contributed by atoms with Gasteiger partial charge < -0.3 is 14.4 Å². The first kappa shape index (κ1) is 24.7. The van der Waals surface area contributed by atoms with E-state index >= 15 is 0 Å². The van der Waals surface area contributed by atoms with Crippen LogP contribution in [0.2, 0.25) is 0 Å². The van der Waals surface area contributed by atoms with E-state index in [1.54, 1.807) is 18.5 Å². The molecule has 0 spiro atoms. The number of hydrogen-bond donors (Lipinski definition) is 1. The van der Waals surface area contributed by atoms with Gasteiger partial charge in [0.2, 0.25) is 0 Å². The first-order chi connectivity index (χ1) is 18.2. The molecule has 1 saturated heterocycles. The van der Waals surface area contributed by atoms with Crippen molar-refractivity contribution in [3.05, 3.63) is 77.4 Å². The van der Waals surface area contributed by atoms with Crippen molar-refractivity contribution >= 4 is 21.9 Å². The molecule has 1 N–H and O–H groups in total. The molecule has 0 bridgehead atoms. The van der Waals surface area contributed by atoms with E-state index in [0.717, 1.165) is 62.9 Å². The Morgan fingerprint density at radius 1 is 1.05 bits per heavy atom. The smallest absolute Gasteiger partial charge is 0.123 e. The Hall–Kier alpha value is -3.62. The van der Waals surface area contributed by atoms with Crippen LogP contribution >= 0.6 is 0 Å². The minimum atomic E-state index is -0.989.